The van der Waals surface area contributed by atoms with Gasteiger partial charge in [-0.3, -0.25) is 4.79 Å². The van der Waals surface area contributed by atoms with Crippen molar-refractivity contribution in [1.82, 2.24) is 14.6 Å². The van der Waals surface area contributed by atoms with E-state index in [4.69, 9.17) is 23.2 Å². The summed E-state index contributed by atoms with van der Waals surface area (Å²) in [5.41, 5.74) is 2.02. The number of aryl methyl sites for hydroxylation is 1. The highest BCUT2D eigenvalue weighted by Gasteiger charge is 2.59. The minimum atomic E-state index is -0.134. The molecule has 134 valence electrons. The predicted molar refractivity (Wildman–Crippen MR) is 107 cm³/mol. The van der Waals surface area contributed by atoms with E-state index >= 15 is 0 Å². The zero-order valence-corrected chi connectivity index (χ0v) is 16.9. The van der Waals surface area contributed by atoms with Gasteiger partial charge in [0.1, 0.15) is 4.49 Å². The van der Waals surface area contributed by atoms with E-state index < -0.39 is 0 Å². The van der Waals surface area contributed by atoms with Crippen LogP contribution in [0.1, 0.15) is 36.7 Å². The molecule has 4 nitrogen and oxygen atoms in total. The Labute approximate surface area is 164 Å². The Balaban J connectivity index is 1.72. The summed E-state index contributed by atoms with van der Waals surface area (Å²) in [6.45, 7) is 6.28. The molecule has 0 spiro atoms. The number of rotatable bonds is 3. The fraction of sp³-hybridized carbons (Fsp3) is 0.316. The molecule has 2 aromatic heterocycles. The van der Waals surface area contributed by atoms with Gasteiger partial charge in [0.05, 0.1) is 4.53 Å². The minimum absolute atomic E-state index is 0.0219. The van der Waals surface area contributed by atoms with Gasteiger partial charge in [0, 0.05) is 5.92 Å². The molecular weight excluding hydrogens is 389 g/mol. The summed E-state index contributed by atoms with van der Waals surface area (Å²) in [5, 5.41) is 4.47. The van der Waals surface area contributed by atoms with Crippen LogP contribution in [-0.4, -0.2) is 14.6 Å². The number of halogens is 2. The van der Waals surface area contributed by atoms with E-state index in [1.165, 1.54) is 21.4 Å². The van der Waals surface area contributed by atoms with Crippen LogP contribution >= 0.6 is 34.5 Å². The van der Waals surface area contributed by atoms with Crippen LogP contribution < -0.4 is 10.1 Å². The molecule has 0 amide bonds. The van der Waals surface area contributed by atoms with E-state index in [0.717, 1.165) is 5.56 Å². The molecule has 3 aromatic rings. The van der Waals surface area contributed by atoms with Gasteiger partial charge in [0.15, 0.2) is 5.82 Å². The molecular formula is C19H17Cl2N3OS. The van der Waals surface area contributed by atoms with Gasteiger partial charge >= 0.3 is 0 Å². The molecule has 1 saturated carbocycles. The number of aromatic nitrogens is 3. The third kappa shape index (κ3) is 2.98. The van der Waals surface area contributed by atoms with Crippen molar-refractivity contribution >= 4 is 45.6 Å². The lowest BCUT2D eigenvalue weighted by Gasteiger charge is -1.97. The average molecular weight is 406 g/mol. The largest absolute Gasteiger partial charge is 0.291 e. The van der Waals surface area contributed by atoms with E-state index in [-0.39, 0.29) is 27.3 Å². The molecule has 7 heteroatoms. The fourth-order valence-electron chi connectivity index (χ4n) is 3.41. The van der Waals surface area contributed by atoms with Crippen LogP contribution in [0.2, 0.25) is 0 Å². The number of benzene rings is 1. The number of hydrogen-bond donors (Lipinski definition) is 0. The fourth-order valence-corrected chi connectivity index (χ4v) is 4.60. The van der Waals surface area contributed by atoms with Crippen molar-refractivity contribution in [1.29, 1.82) is 0 Å². The number of allylic oxidation sites excluding steroid dienone is 1. The Hall–Kier alpha value is -1.69. The van der Waals surface area contributed by atoms with Crippen LogP contribution in [0.25, 0.3) is 11.0 Å². The van der Waals surface area contributed by atoms with Crippen LogP contribution in [0.15, 0.2) is 39.6 Å². The molecule has 2 heterocycles. The molecule has 0 aliphatic heterocycles. The molecule has 2 atom stereocenters. The van der Waals surface area contributed by atoms with Crippen molar-refractivity contribution in [2.75, 3.05) is 0 Å². The van der Waals surface area contributed by atoms with E-state index in [9.17, 15) is 4.79 Å². The highest BCUT2D eigenvalue weighted by molar-refractivity contribution is 7.15. The Morgan fingerprint density at radius 1 is 1.27 bits per heavy atom. The SMILES string of the molecule is Cc1ccc(/C=c2\sc3nc(C4C(C=C(Cl)Cl)C4(C)C)nn3c2=O)cc1. The summed E-state index contributed by atoms with van der Waals surface area (Å²) in [7, 11) is 0. The van der Waals surface area contributed by atoms with Gasteiger partial charge in [-0.15, -0.1) is 5.10 Å². The first-order chi connectivity index (χ1) is 12.3. The molecule has 26 heavy (non-hydrogen) atoms. The lowest BCUT2D eigenvalue weighted by atomic mass is 10.1. The molecule has 2 unspecified atom stereocenters. The molecule has 1 aliphatic rings. The van der Waals surface area contributed by atoms with Crippen LogP contribution in [-0.2, 0) is 0 Å². The quantitative estimate of drug-likeness (QED) is 0.659. The predicted octanol–water partition coefficient (Wildman–Crippen LogP) is 4.07. The summed E-state index contributed by atoms with van der Waals surface area (Å²) in [6.07, 6.45) is 3.71. The lowest BCUT2D eigenvalue weighted by molar-refractivity contribution is 0.585. The second kappa shape index (κ2) is 6.19. The third-order valence-corrected chi connectivity index (χ3v) is 6.28. The number of hydrogen-bond acceptors (Lipinski definition) is 4. The normalized spacial score (nSPS) is 22.0. The topological polar surface area (TPSA) is 47.3 Å². The molecule has 0 radical (unpaired) electrons. The van der Waals surface area contributed by atoms with Crippen LogP contribution in [0.4, 0.5) is 0 Å². The molecule has 0 saturated heterocycles. The van der Waals surface area contributed by atoms with E-state index in [2.05, 4.69) is 23.9 Å². The van der Waals surface area contributed by atoms with Gasteiger partial charge in [-0.25, -0.2) is 4.98 Å². The number of nitrogens with zero attached hydrogens (tertiary/aromatic N) is 3. The van der Waals surface area contributed by atoms with Crippen LogP contribution in [0, 0.1) is 18.3 Å². The average Bonchev–Trinajstić information content (AvgIpc) is 2.86. The van der Waals surface area contributed by atoms with E-state index in [0.29, 0.717) is 15.3 Å². The summed E-state index contributed by atoms with van der Waals surface area (Å²) >= 11 is 13.0. The summed E-state index contributed by atoms with van der Waals surface area (Å²) < 4.78 is 2.29. The van der Waals surface area contributed by atoms with E-state index in [1.807, 2.05) is 43.3 Å². The first-order valence-corrected chi connectivity index (χ1v) is 9.85. The van der Waals surface area contributed by atoms with Gasteiger partial charge in [-0.1, -0.05) is 78.2 Å². The molecule has 0 N–H and O–H groups in total. The first kappa shape index (κ1) is 17.7. The van der Waals surface area contributed by atoms with Crippen molar-refractivity contribution in [3.63, 3.8) is 0 Å². The zero-order chi connectivity index (χ0) is 18.6. The van der Waals surface area contributed by atoms with Crippen molar-refractivity contribution < 1.29 is 0 Å². The van der Waals surface area contributed by atoms with Crippen molar-refractivity contribution in [2.45, 2.75) is 26.7 Å². The second-order valence-electron chi connectivity index (χ2n) is 7.27. The van der Waals surface area contributed by atoms with Gasteiger partial charge in [0.2, 0.25) is 4.96 Å². The van der Waals surface area contributed by atoms with Crippen LogP contribution in [0.5, 0.6) is 0 Å². The van der Waals surface area contributed by atoms with Gasteiger partial charge in [-0.05, 0) is 36.0 Å². The van der Waals surface area contributed by atoms with Crippen LogP contribution in [0.3, 0.4) is 0 Å². The van der Waals surface area contributed by atoms with Gasteiger partial charge < -0.3 is 0 Å². The maximum Gasteiger partial charge on any atom is 0.291 e. The number of thiazole rings is 1. The summed E-state index contributed by atoms with van der Waals surface area (Å²) in [6, 6.07) is 8.04. The third-order valence-electron chi connectivity index (χ3n) is 5.07. The first-order valence-electron chi connectivity index (χ1n) is 8.28. The Morgan fingerprint density at radius 3 is 2.58 bits per heavy atom. The zero-order valence-electron chi connectivity index (χ0n) is 14.5. The maximum atomic E-state index is 12.7. The second-order valence-corrected chi connectivity index (χ2v) is 9.29. The summed E-state index contributed by atoms with van der Waals surface area (Å²) in [5.74, 6) is 0.973. The van der Waals surface area contributed by atoms with Crippen molar-refractivity contribution in [3.05, 3.63) is 66.7 Å². The Kier molecular flexibility index (Phi) is 4.21. The Bertz CT molecular complexity index is 1120. The minimum Gasteiger partial charge on any atom is -0.266 e. The smallest absolute Gasteiger partial charge is 0.266 e. The molecule has 1 aliphatic carbocycles. The lowest BCUT2D eigenvalue weighted by Crippen LogP contribution is -2.23. The van der Waals surface area contributed by atoms with Gasteiger partial charge in [0.25, 0.3) is 5.56 Å². The molecule has 1 aromatic carbocycles. The van der Waals surface area contributed by atoms with Crippen molar-refractivity contribution in [3.8, 4) is 0 Å². The maximum absolute atomic E-state index is 12.7. The Morgan fingerprint density at radius 2 is 1.96 bits per heavy atom. The molecule has 1 fully saturated rings. The highest BCUT2D eigenvalue weighted by Crippen LogP contribution is 2.64. The molecule has 0 bridgehead atoms. The van der Waals surface area contributed by atoms with Gasteiger partial charge in [-0.2, -0.15) is 4.52 Å². The highest BCUT2D eigenvalue weighted by atomic mass is 35.5. The van der Waals surface area contributed by atoms with E-state index in [1.54, 1.807) is 0 Å². The summed E-state index contributed by atoms with van der Waals surface area (Å²) in [4.78, 5) is 17.9. The number of fused-ring (bicyclic) bond motifs is 1. The van der Waals surface area contributed by atoms with Crippen molar-refractivity contribution in [2.24, 2.45) is 11.3 Å². The molecule has 4 rings (SSSR count). The monoisotopic (exact) mass is 405 g/mol. The standard InChI is InChI=1S/C19H17Cl2N3OS/c1-10-4-6-11(7-5-10)8-13-17(25)24-18(26-13)22-16(23-24)15-12(9-14(20)21)19(15,2)3/h4-9,12,15H,1-3H3/b13-8-.